The van der Waals surface area contributed by atoms with E-state index in [9.17, 15) is 18.8 Å². The first-order valence-electron chi connectivity index (χ1n) is 12.4. The highest BCUT2D eigenvalue weighted by Gasteiger charge is 2.52. The smallest absolute Gasteiger partial charge is 0.227 e. The fourth-order valence-electron chi connectivity index (χ4n) is 6.04. The average molecular weight is 514 g/mol. The minimum Gasteiger partial charge on any atom is -0.361 e. The van der Waals surface area contributed by atoms with Gasteiger partial charge in [-0.3, -0.25) is 4.79 Å². The van der Waals surface area contributed by atoms with Crippen LogP contribution in [0.5, 0.6) is 0 Å². The van der Waals surface area contributed by atoms with E-state index in [-0.39, 0.29) is 17.9 Å². The maximum atomic E-state index is 14.5. The molecule has 5 nitrogen and oxygen atoms in total. The van der Waals surface area contributed by atoms with Crippen molar-refractivity contribution in [3.05, 3.63) is 69.2 Å². The molecule has 0 saturated carbocycles. The predicted molar refractivity (Wildman–Crippen MR) is 132 cm³/mol. The van der Waals surface area contributed by atoms with Gasteiger partial charge in [-0.25, -0.2) is 8.78 Å². The van der Waals surface area contributed by atoms with Gasteiger partial charge in [-0.2, -0.15) is 5.26 Å². The van der Waals surface area contributed by atoms with Gasteiger partial charge >= 0.3 is 0 Å². The van der Waals surface area contributed by atoms with Crippen molar-refractivity contribution in [1.29, 1.82) is 5.26 Å². The molecule has 36 heavy (non-hydrogen) atoms. The summed E-state index contributed by atoms with van der Waals surface area (Å²) in [4.78, 5) is 15.4. The van der Waals surface area contributed by atoms with Crippen LogP contribution in [0, 0.1) is 41.2 Å². The van der Waals surface area contributed by atoms with Crippen LogP contribution < -0.4 is 5.32 Å². The SMILES string of the molecule is Cc1cc2c(cc1Cl)C1(CCN(C(=O)[C@@H]3CNC[C@H]3c3ccc(F)cc3F)CC1)O[C@@H]2C(C)(C)C#N. The van der Waals surface area contributed by atoms with Gasteiger partial charge in [0, 0.05) is 43.2 Å². The summed E-state index contributed by atoms with van der Waals surface area (Å²) >= 11 is 6.51. The van der Waals surface area contributed by atoms with E-state index in [1.165, 1.54) is 12.1 Å². The molecule has 0 unspecified atom stereocenters. The van der Waals surface area contributed by atoms with Crippen molar-refractivity contribution in [2.45, 2.75) is 51.2 Å². The number of amides is 1. The molecule has 2 aromatic rings. The number of aryl methyl sites for hydroxylation is 1. The lowest BCUT2D eigenvalue weighted by Gasteiger charge is -2.41. The molecular weight excluding hydrogens is 484 g/mol. The summed E-state index contributed by atoms with van der Waals surface area (Å²) in [5.74, 6) is -2.04. The fraction of sp³-hybridized carbons (Fsp3) is 0.500. The number of carbonyl (C=O) groups excluding carboxylic acids is 1. The second kappa shape index (κ2) is 9.09. The van der Waals surface area contributed by atoms with Crippen molar-refractivity contribution < 1.29 is 18.3 Å². The molecule has 2 saturated heterocycles. The molecule has 1 amide bonds. The standard InChI is InChI=1S/C28H30ClF2N3O2/c1-16-10-19-22(12-23(16)29)28(36-25(19)27(2,3)15-32)6-8-34(9-7-28)26(35)21-14-33-13-20(21)18-5-4-17(30)11-24(18)31/h4-5,10-12,20-21,25,33H,6-9,13-14H2,1-3H3/t20-,21+,25-/m0/s1. The summed E-state index contributed by atoms with van der Waals surface area (Å²) in [6.07, 6.45) is 0.776. The van der Waals surface area contributed by atoms with Crippen LogP contribution in [0.4, 0.5) is 8.78 Å². The Morgan fingerprint density at radius 1 is 1.19 bits per heavy atom. The van der Waals surface area contributed by atoms with Gasteiger partial charge in [0.05, 0.1) is 23.0 Å². The van der Waals surface area contributed by atoms with Gasteiger partial charge in [0.1, 0.15) is 17.7 Å². The highest BCUT2D eigenvalue weighted by molar-refractivity contribution is 6.31. The minimum absolute atomic E-state index is 0.0300. The van der Waals surface area contributed by atoms with Crippen LogP contribution in [0.2, 0.25) is 5.02 Å². The van der Waals surface area contributed by atoms with Crippen molar-refractivity contribution in [2.24, 2.45) is 11.3 Å². The molecule has 3 heterocycles. The van der Waals surface area contributed by atoms with E-state index in [0.717, 1.165) is 22.8 Å². The number of nitrogens with one attached hydrogen (secondary N) is 1. The van der Waals surface area contributed by atoms with Gasteiger partial charge < -0.3 is 15.0 Å². The molecule has 0 bridgehead atoms. The molecule has 0 aliphatic carbocycles. The third kappa shape index (κ3) is 4.09. The lowest BCUT2D eigenvalue weighted by molar-refractivity contribution is -0.152. The predicted octanol–water partition coefficient (Wildman–Crippen LogP) is 5.37. The second-order valence-corrected chi connectivity index (χ2v) is 11.3. The molecule has 0 aromatic heterocycles. The molecular formula is C28H30ClF2N3O2. The van der Waals surface area contributed by atoms with Gasteiger partial charge in [0.15, 0.2) is 0 Å². The summed E-state index contributed by atoms with van der Waals surface area (Å²) in [6.45, 7) is 7.60. The van der Waals surface area contributed by atoms with Crippen molar-refractivity contribution in [1.82, 2.24) is 10.2 Å². The highest BCUT2D eigenvalue weighted by Crippen LogP contribution is 2.55. The quantitative estimate of drug-likeness (QED) is 0.599. The van der Waals surface area contributed by atoms with E-state index in [1.54, 1.807) is 0 Å². The van der Waals surface area contributed by atoms with Crippen LogP contribution in [-0.4, -0.2) is 37.0 Å². The van der Waals surface area contributed by atoms with E-state index in [0.29, 0.717) is 49.6 Å². The first-order chi connectivity index (χ1) is 17.1. The van der Waals surface area contributed by atoms with Crippen molar-refractivity contribution in [2.75, 3.05) is 26.2 Å². The third-order valence-electron chi connectivity index (χ3n) is 8.17. The maximum Gasteiger partial charge on any atom is 0.227 e. The zero-order valence-corrected chi connectivity index (χ0v) is 21.5. The van der Waals surface area contributed by atoms with Gasteiger partial charge in [0.25, 0.3) is 0 Å². The molecule has 8 heteroatoms. The van der Waals surface area contributed by atoms with E-state index in [4.69, 9.17) is 16.3 Å². The van der Waals surface area contributed by atoms with E-state index in [1.807, 2.05) is 37.8 Å². The Bertz CT molecular complexity index is 1250. The summed E-state index contributed by atoms with van der Waals surface area (Å²) in [5.41, 5.74) is 1.97. The minimum atomic E-state index is -0.729. The van der Waals surface area contributed by atoms with Gasteiger partial charge in [0.2, 0.25) is 5.91 Å². The Kier molecular flexibility index (Phi) is 6.35. The molecule has 3 atom stereocenters. The third-order valence-corrected chi connectivity index (χ3v) is 8.57. The van der Waals surface area contributed by atoms with Crippen LogP contribution in [0.25, 0.3) is 0 Å². The Morgan fingerprint density at radius 2 is 1.92 bits per heavy atom. The topological polar surface area (TPSA) is 65.4 Å². The van der Waals surface area contributed by atoms with Crippen LogP contribution in [0.1, 0.15) is 61.0 Å². The highest BCUT2D eigenvalue weighted by atomic mass is 35.5. The number of rotatable bonds is 3. The normalized spacial score (nSPS) is 25.1. The number of likely N-dealkylation sites (tertiary alicyclic amines) is 1. The lowest BCUT2D eigenvalue weighted by atomic mass is 9.79. The van der Waals surface area contributed by atoms with Gasteiger partial charge in [-0.15, -0.1) is 0 Å². The molecule has 3 aliphatic heterocycles. The molecule has 190 valence electrons. The first-order valence-corrected chi connectivity index (χ1v) is 12.8. The maximum absolute atomic E-state index is 14.5. The van der Waals surface area contributed by atoms with Crippen LogP contribution >= 0.6 is 11.6 Å². The Labute approximate surface area is 215 Å². The number of benzene rings is 2. The molecule has 1 N–H and O–H groups in total. The van der Waals surface area contributed by atoms with Crippen molar-refractivity contribution in [3.8, 4) is 6.07 Å². The Balaban J connectivity index is 1.37. The molecule has 2 aromatic carbocycles. The number of fused-ring (bicyclic) bond motifs is 2. The van der Waals surface area contributed by atoms with Gasteiger partial charge in [-0.05, 0) is 68.0 Å². The number of hydrogen-bond acceptors (Lipinski definition) is 4. The largest absolute Gasteiger partial charge is 0.361 e. The summed E-state index contributed by atoms with van der Waals surface area (Å²) in [7, 11) is 0. The summed E-state index contributed by atoms with van der Waals surface area (Å²) in [5, 5.41) is 13.7. The first kappa shape index (κ1) is 25.1. The number of ether oxygens (including phenoxy) is 1. The lowest BCUT2D eigenvalue weighted by Crippen LogP contribution is -2.48. The van der Waals surface area contributed by atoms with E-state index >= 15 is 0 Å². The Hall–Kier alpha value is -2.53. The molecule has 5 rings (SSSR count). The van der Waals surface area contributed by atoms with Crippen LogP contribution in [-0.2, 0) is 15.1 Å². The fourth-order valence-corrected chi connectivity index (χ4v) is 6.20. The zero-order chi connectivity index (χ0) is 25.8. The van der Waals surface area contributed by atoms with Gasteiger partial charge in [-0.1, -0.05) is 23.7 Å². The average Bonchev–Trinajstić information content (AvgIpc) is 3.44. The van der Waals surface area contributed by atoms with Crippen LogP contribution in [0.3, 0.4) is 0 Å². The van der Waals surface area contributed by atoms with Crippen molar-refractivity contribution in [3.63, 3.8) is 0 Å². The number of hydrogen-bond donors (Lipinski definition) is 1. The zero-order valence-electron chi connectivity index (χ0n) is 20.7. The van der Waals surface area contributed by atoms with E-state index < -0.39 is 28.6 Å². The number of nitriles is 1. The summed E-state index contributed by atoms with van der Waals surface area (Å²) < 4.78 is 34.6. The number of halogens is 3. The monoisotopic (exact) mass is 513 g/mol. The molecule has 1 spiro atoms. The molecule has 3 aliphatic rings. The second-order valence-electron chi connectivity index (χ2n) is 10.9. The summed E-state index contributed by atoms with van der Waals surface area (Å²) in [6, 6.07) is 9.94. The number of nitrogens with zero attached hydrogens (tertiary/aromatic N) is 2. The van der Waals surface area contributed by atoms with Crippen LogP contribution in [0.15, 0.2) is 30.3 Å². The van der Waals surface area contributed by atoms with E-state index in [2.05, 4.69) is 11.4 Å². The molecule has 2 fully saturated rings. The Morgan fingerprint density at radius 3 is 2.58 bits per heavy atom. The number of piperidine rings is 1. The molecule has 0 radical (unpaired) electrons. The van der Waals surface area contributed by atoms with Crippen molar-refractivity contribution >= 4 is 17.5 Å². The number of carbonyl (C=O) groups is 1.